The quantitative estimate of drug-likeness (QED) is 0.695. The van der Waals surface area contributed by atoms with Crippen LogP contribution in [0.2, 0.25) is 5.02 Å². The lowest BCUT2D eigenvalue weighted by Gasteiger charge is -2.07. The fourth-order valence-corrected chi connectivity index (χ4v) is 1.90. The van der Waals surface area contributed by atoms with E-state index >= 15 is 0 Å². The number of esters is 1. The molecule has 0 heterocycles. The maximum atomic E-state index is 13.0. The number of hydrogen-bond acceptors (Lipinski definition) is 3. The van der Waals surface area contributed by atoms with E-state index in [-0.39, 0.29) is 18.1 Å². The third kappa shape index (κ3) is 3.71. The third-order valence-electron chi connectivity index (χ3n) is 2.77. The molecule has 104 valence electrons. The van der Waals surface area contributed by atoms with Gasteiger partial charge < -0.3 is 10.5 Å². The van der Waals surface area contributed by atoms with Crippen LogP contribution in [0.4, 0.5) is 10.1 Å². The molecule has 2 aromatic carbocycles. The van der Waals surface area contributed by atoms with Crippen LogP contribution >= 0.6 is 11.6 Å². The summed E-state index contributed by atoms with van der Waals surface area (Å²) in [6, 6.07) is 11.3. The van der Waals surface area contributed by atoms with Crippen LogP contribution in [0.3, 0.4) is 0 Å². The Kier molecular flexibility index (Phi) is 4.58. The van der Waals surface area contributed by atoms with Gasteiger partial charge in [-0.1, -0.05) is 35.9 Å². The minimum Gasteiger partial charge on any atom is -0.461 e. The van der Waals surface area contributed by atoms with E-state index in [1.165, 1.54) is 18.2 Å². The number of benzene rings is 2. The Labute approximate surface area is 121 Å². The molecule has 0 bridgehead atoms. The Morgan fingerprint density at radius 2 is 2.00 bits per heavy atom. The van der Waals surface area contributed by atoms with Crippen LogP contribution in [-0.4, -0.2) is 5.97 Å². The number of ether oxygens (including phenoxy) is 1. The van der Waals surface area contributed by atoms with Gasteiger partial charge in [0.15, 0.2) is 0 Å². The number of hydrogen-bond donors (Lipinski definition) is 1. The molecule has 0 aliphatic rings. The van der Waals surface area contributed by atoms with Crippen molar-refractivity contribution < 1.29 is 13.9 Å². The zero-order valence-corrected chi connectivity index (χ0v) is 11.4. The molecule has 0 aliphatic carbocycles. The van der Waals surface area contributed by atoms with Crippen LogP contribution in [0.25, 0.3) is 0 Å². The van der Waals surface area contributed by atoms with E-state index in [1.54, 1.807) is 24.3 Å². The molecule has 0 amide bonds. The number of nitrogen functional groups attached to an aromatic ring is 1. The van der Waals surface area contributed by atoms with Crippen molar-refractivity contribution in [2.24, 2.45) is 0 Å². The molecule has 0 saturated carbocycles. The van der Waals surface area contributed by atoms with Gasteiger partial charge in [0.25, 0.3) is 0 Å². The van der Waals surface area contributed by atoms with E-state index in [2.05, 4.69) is 0 Å². The molecular weight excluding hydrogens is 281 g/mol. The molecular formula is C15H13ClFNO2. The number of carbonyl (C=O) groups is 1. The molecule has 0 unspecified atom stereocenters. The Bertz CT molecular complexity index is 631. The lowest BCUT2D eigenvalue weighted by Crippen LogP contribution is -2.09. The van der Waals surface area contributed by atoms with Crippen molar-refractivity contribution in [2.75, 3.05) is 5.73 Å². The summed E-state index contributed by atoms with van der Waals surface area (Å²) in [6.07, 6.45) is 0.0988. The van der Waals surface area contributed by atoms with Gasteiger partial charge in [-0.2, -0.15) is 0 Å². The van der Waals surface area contributed by atoms with E-state index in [4.69, 9.17) is 22.1 Å². The molecule has 20 heavy (non-hydrogen) atoms. The molecule has 0 radical (unpaired) electrons. The molecule has 5 heteroatoms. The van der Waals surface area contributed by atoms with Gasteiger partial charge in [-0.15, -0.1) is 0 Å². The van der Waals surface area contributed by atoms with Gasteiger partial charge in [-0.3, -0.25) is 4.79 Å². The number of anilines is 1. The Morgan fingerprint density at radius 1 is 1.25 bits per heavy atom. The minimum atomic E-state index is -0.501. The second-order valence-corrected chi connectivity index (χ2v) is 4.69. The zero-order chi connectivity index (χ0) is 14.5. The summed E-state index contributed by atoms with van der Waals surface area (Å²) in [6.45, 7) is 0.0472. The fourth-order valence-electron chi connectivity index (χ4n) is 1.69. The first-order valence-corrected chi connectivity index (χ1v) is 6.37. The van der Waals surface area contributed by atoms with Gasteiger partial charge in [-0.05, 0) is 29.3 Å². The van der Waals surface area contributed by atoms with Crippen molar-refractivity contribution in [1.82, 2.24) is 0 Å². The summed E-state index contributed by atoms with van der Waals surface area (Å²) in [7, 11) is 0. The molecule has 2 aromatic rings. The van der Waals surface area contributed by atoms with Gasteiger partial charge in [0.1, 0.15) is 12.4 Å². The number of para-hydroxylation sites is 1. The Balaban J connectivity index is 1.92. The van der Waals surface area contributed by atoms with Crippen LogP contribution in [0.5, 0.6) is 0 Å². The molecule has 0 atom stereocenters. The highest BCUT2D eigenvalue weighted by Gasteiger charge is 2.08. The monoisotopic (exact) mass is 293 g/mol. The summed E-state index contributed by atoms with van der Waals surface area (Å²) >= 11 is 5.65. The molecule has 2 rings (SSSR count). The highest BCUT2D eigenvalue weighted by molar-refractivity contribution is 6.30. The first-order chi connectivity index (χ1) is 9.56. The minimum absolute atomic E-state index is 0.00542. The van der Waals surface area contributed by atoms with Crippen LogP contribution in [0.15, 0.2) is 42.5 Å². The predicted molar refractivity (Wildman–Crippen MR) is 75.8 cm³/mol. The van der Waals surface area contributed by atoms with Crippen LogP contribution in [0, 0.1) is 5.82 Å². The van der Waals surface area contributed by atoms with Crippen LogP contribution < -0.4 is 5.73 Å². The number of nitrogens with two attached hydrogens (primary N) is 1. The zero-order valence-electron chi connectivity index (χ0n) is 10.6. The molecule has 0 saturated heterocycles. The van der Waals surface area contributed by atoms with Gasteiger partial charge in [0.2, 0.25) is 0 Å². The normalized spacial score (nSPS) is 10.3. The maximum absolute atomic E-state index is 13.0. The number of carbonyl (C=O) groups excluding carboxylic acids is 1. The van der Waals surface area contributed by atoms with E-state index in [1.807, 2.05) is 0 Å². The first-order valence-electron chi connectivity index (χ1n) is 5.99. The summed E-state index contributed by atoms with van der Waals surface area (Å²) < 4.78 is 18.1. The van der Waals surface area contributed by atoms with Gasteiger partial charge >= 0.3 is 5.97 Å². The van der Waals surface area contributed by atoms with E-state index in [0.29, 0.717) is 11.3 Å². The molecule has 0 aromatic heterocycles. The van der Waals surface area contributed by atoms with Gasteiger partial charge in [0, 0.05) is 5.69 Å². The van der Waals surface area contributed by atoms with Crippen LogP contribution in [-0.2, 0) is 22.6 Å². The van der Waals surface area contributed by atoms with Crippen molar-refractivity contribution in [2.45, 2.75) is 13.0 Å². The Morgan fingerprint density at radius 3 is 2.70 bits per heavy atom. The highest BCUT2D eigenvalue weighted by atomic mass is 35.5. The predicted octanol–water partition coefficient (Wildman–Crippen LogP) is 3.35. The number of rotatable bonds is 4. The maximum Gasteiger partial charge on any atom is 0.310 e. The topological polar surface area (TPSA) is 52.3 Å². The van der Waals surface area contributed by atoms with E-state index in [9.17, 15) is 9.18 Å². The first kappa shape index (κ1) is 14.3. The van der Waals surface area contributed by atoms with Crippen molar-refractivity contribution in [3.05, 3.63) is 64.4 Å². The van der Waals surface area contributed by atoms with Gasteiger partial charge in [-0.25, -0.2) is 4.39 Å². The molecule has 0 aliphatic heterocycles. The molecule has 0 fully saturated rings. The summed E-state index contributed by atoms with van der Waals surface area (Å²) in [5.41, 5.74) is 7.64. The van der Waals surface area contributed by atoms with Crippen molar-refractivity contribution in [3.63, 3.8) is 0 Å². The molecule has 0 spiro atoms. The summed E-state index contributed by atoms with van der Waals surface area (Å²) in [5, 5.41) is 0.00542. The Hall–Kier alpha value is -2.07. The van der Waals surface area contributed by atoms with Crippen molar-refractivity contribution in [3.8, 4) is 0 Å². The fraction of sp³-hybridized carbons (Fsp3) is 0.133. The lowest BCUT2D eigenvalue weighted by atomic mass is 10.1. The van der Waals surface area contributed by atoms with Crippen molar-refractivity contribution >= 4 is 23.3 Å². The largest absolute Gasteiger partial charge is 0.461 e. The standard InChI is InChI=1S/C15H13ClFNO2/c16-12-7-10(5-6-13(12)17)9-20-15(19)8-11-3-1-2-4-14(11)18/h1-7H,8-9,18H2. The average molecular weight is 294 g/mol. The van der Waals surface area contributed by atoms with Crippen LogP contribution in [0.1, 0.15) is 11.1 Å². The van der Waals surface area contributed by atoms with Gasteiger partial charge in [0.05, 0.1) is 11.4 Å². The van der Waals surface area contributed by atoms with Crippen molar-refractivity contribution in [1.29, 1.82) is 0 Å². The third-order valence-corrected chi connectivity index (χ3v) is 3.06. The smallest absolute Gasteiger partial charge is 0.310 e. The molecule has 3 nitrogen and oxygen atoms in total. The highest BCUT2D eigenvalue weighted by Crippen LogP contribution is 2.17. The second-order valence-electron chi connectivity index (χ2n) is 4.28. The lowest BCUT2D eigenvalue weighted by molar-refractivity contribution is -0.144. The summed E-state index contributed by atoms with van der Waals surface area (Å²) in [5.74, 6) is -0.901. The van der Waals surface area contributed by atoms with E-state index in [0.717, 1.165) is 5.56 Å². The van der Waals surface area contributed by atoms with E-state index < -0.39 is 11.8 Å². The number of halogens is 2. The molecule has 2 N–H and O–H groups in total. The SMILES string of the molecule is Nc1ccccc1CC(=O)OCc1ccc(F)c(Cl)c1. The second kappa shape index (κ2) is 6.39. The summed E-state index contributed by atoms with van der Waals surface area (Å²) in [4.78, 5) is 11.7. The average Bonchev–Trinajstić information content (AvgIpc) is 2.43.